The molecule has 1 amide bonds. The van der Waals surface area contributed by atoms with Crippen molar-refractivity contribution in [2.24, 2.45) is 5.92 Å². The zero-order valence-electron chi connectivity index (χ0n) is 8.69. The Labute approximate surface area is 84.4 Å². The predicted octanol–water partition coefficient (Wildman–Crippen LogP) is 2.68. The average molecular weight is 223 g/mol. The van der Waals surface area contributed by atoms with Crippen LogP contribution in [0.25, 0.3) is 0 Å². The van der Waals surface area contributed by atoms with E-state index in [4.69, 9.17) is 0 Å². The van der Waals surface area contributed by atoms with Crippen molar-refractivity contribution in [3.8, 4) is 0 Å². The van der Waals surface area contributed by atoms with Gasteiger partial charge in [0.05, 0.1) is 0 Å². The first-order valence-corrected chi connectivity index (χ1v) is 7.82. The average Bonchev–Trinajstić information content (AvgIpc) is 2.12. The maximum atomic E-state index is 12.1. The summed E-state index contributed by atoms with van der Waals surface area (Å²) in [5, 5.41) is 0. The van der Waals surface area contributed by atoms with Gasteiger partial charge in [0, 0.05) is 19.0 Å². The first kappa shape index (κ1) is 13.1. The van der Waals surface area contributed by atoms with Crippen LogP contribution >= 0.6 is 17.9 Å². The van der Waals surface area contributed by atoms with E-state index >= 15 is 0 Å². The van der Waals surface area contributed by atoms with Crippen LogP contribution in [0.15, 0.2) is 0 Å². The fourth-order valence-corrected chi connectivity index (χ4v) is 5.03. The lowest BCUT2D eigenvalue weighted by Gasteiger charge is -2.23. The van der Waals surface area contributed by atoms with E-state index in [1.807, 2.05) is 6.92 Å². The van der Waals surface area contributed by atoms with E-state index in [1.54, 1.807) is 7.05 Å². The molecule has 0 aliphatic heterocycles. The van der Waals surface area contributed by atoms with E-state index in [-0.39, 0.29) is 0 Å². The second-order valence-electron chi connectivity index (χ2n) is 3.32. The lowest BCUT2D eigenvalue weighted by Crippen LogP contribution is -2.12. The van der Waals surface area contributed by atoms with Gasteiger partial charge in [-0.05, 0) is 5.92 Å². The summed E-state index contributed by atoms with van der Waals surface area (Å²) in [4.78, 5) is 10.5. The highest BCUT2D eigenvalue weighted by Gasteiger charge is 2.25. The molecule has 0 fully saturated rings. The van der Waals surface area contributed by atoms with Gasteiger partial charge in [-0.25, -0.2) is 0 Å². The van der Waals surface area contributed by atoms with Crippen LogP contribution in [0, 0.1) is 5.92 Å². The van der Waals surface area contributed by atoms with Crippen LogP contribution in [-0.2, 0) is 9.36 Å². The van der Waals surface area contributed by atoms with Crippen molar-refractivity contribution >= 4 is 24.3 Å². The quantitative estimate of drug-likeness (QED) is 0.513. The van der Waals surface area contributed by atoms with Crippen LogP contribution in [0.2, 0.25) is 0 Å². The molecule has 0 saturated heterocycles. The highest BCUT2D eigenvalue weighted by Crippen LogP contribution is 2.60. The number of nitrogens with zero attached hydrogens (tertiary/aromatic N) is 1. The molecule has 0 heterocycles. The SMILES string of the molecule is CCP(=O)(SCC(C)C)N(C)C=O. The van der Waals surface area contributed by atoms with Crippen LogP contribution in [0.5, 0.6) is 0 Å². The van der Waals surface area contributed by atoms with Gasteiger partial charge in [-0.15, -0.1) is 0 Å². The molecule has 0 aromatic heterocycles. The topological polar surface area (TPSA) is 37.4 Å². The van der Waals surface area contributed by atoms with Gasteiger partial charge in [0.1, 0.15) is 0 Å². The van der Waals surface area contributed by atoms with Crippen molar-refractivity contribution in [1.82, 2.24) is 4.67 Å². The third-order valence-corrected chi connectivity index (χ3v) is 7.92. The molecule has 0 N–H and O–H groups in total. The Morgan fingerprint density at radius 1 is 1.54 bits per heavy atom. The zero-order chi connectivity index (χ0) is 10.5. The zero-order valence-corrected chi connectivity index (χ0v) is 10.4. The van der Waals surface area contributed by atoms with Crippen molar-refractivity contribution in [2.75, 3.05) is 19.0 Å². The minimum Gasteiger partial charge on any atom is -0.291 e. The van der Waals surface area contributed by atoms with E-state index in [2.05, 4.69) is 13.8 Å². The molecule has 1 unspecified atom stereocenters. The van der Waals surface area contributed by atoms with Gasteiger partial charge in [-0.2, -0.15) is 0 Å². The van der Waals surface area contributed by atoms with Crippen LogP contribution in [0.4, 0.5) is 0 Å². The molecule has 0 aliphatic carbocycles. The molecule has 0 bridgehead atoms. The molecule has 0 radical (unpaired) electrons. The van der Waals surface area contributed by atoms with E-state index < -0.39 is 6.49 Å². The number of rotatable bonds is 6. The predicted molar refractivity (Wildman–Crippen MR) is 59.3 cm³/mol. The normalized spacial score (nSPS) is 15.5. The fourth-order valence-electron chi connectivity index (χ4n) is 0.743. The third-order valence-electron chi connectivity index (χ3n) is 1.64. The lowest BCUT2D eigenvalue weighted by atomic mass is 10.3. The molecule has 0 spiro atoms. The minimum absolute atomic E-state index is 0.505. The fraction of sp³-hybridized carbons (Fsp3) is 0.875. The lowest BCUT2D eigenvalue weighted by molar-refractivity contribution is -0.113. The molecular formula is C8H18NO2PS. The van der Waals surface area contributed by atoms with Gasteiger partial charge in [-0.1, -0.05) is 32.2 Å². The van der Waals surface area contributed by atoms with E-state index in [1.165, 1.54) is 16.1 Å². The standard InChI is InChI=1S/C8H18NO2PS/c1-5-12(11,9(4)7-10)13-6-8(2)3/h7-8H,5-6H2,1-4H3. The van der Waals surface area contributed by atoms with Crippen molar-refractivity contribution in [1.29, 1.82) is 0 Å². The molecule has 78 valence electrons. The Balaban J connectivity index is 4.28. The summed E-state index contributed by atoms with van der Waals surface area (Å²) in [7, 11) is 1.59. The molecule has 0 rings (SSSR count). The van der Waals surface area contributed by atoms with Gasteiger partial charge < -0.3 is 0 Å². The first-order valence-electron chi connectivity index (χ1n) is 4.38. The van der Waals surface area contributed by atoms with Gasteiger partial charge in [0.15, 0.2) is 0 Å². The van der Waals surface area contributed by atoms with Gasteiger partial charge >= 0.3 is 0 Å². The molecule has 3 nitrogen and oxygen atoms in total. The summed E-state index contributed by atoms with van der Waals surface area (Å²) in [6, 6.07) is 0. The number of hydrogen-bond donors (Lipinski definition) is 0. The Morgan fingerprint density at radius 3 is 2.38 bits per heavy atom. The van der Waals surface area contributed by atoms with Crippen LogP contribution in [0.1, 0.15) is 20.8 Å². The minimum atomic E-state index is -2.46. The summed E-state index contributed by atoms with van der Waals surface area (Å²) in [6.45, 7) is 3.55. The van der Waals surface area contributed by atoms with Crippen LogP contribution < -0.4 is 0 Å². The number of carbonyl (C=O) groups is 1. The monoisotopic (exact) mass is 223 g/mol. The second-order valence-corrected chi connectivity index (χ2v) is 8.94. The largest absolute Gasteiger partial charge is 0.291 e. The molecule has 0 aliphatic rings. The molecule has 13 heavy (non-hydrogen) atoms. The van der Waals surface area contributed by atoms with E-state index in [9.17, 15) is 9.36 Å². The second kappa shape index (κ2) is 5.71. The maximum Gasteiger partial charge on any atom is 0.227 e. The summed E-state index contributed by atoms with van der Waals surface area (Å²) < 4.78 is 13.4. The summed E-state index contributed by atoms with van der Waals surface area (Å²) in [5.41, 5.74) is 0. The smallest absolute Gasteiger partial charge is 0.227 e. The van der Waals surface area contributed by atoms with Crippen molar-refractivity contribution in [2.45, 2.75) is 20.8 Å². The van der Waals surface area contributed by atoms with Gasteiger partial charge in [0.2, 0.25) is 12.9 Å². The summed E-state index contributed by atoms with van der Waals surface area (Å²) >= 11 is 1.41. The molecule has 0 aromatic carbocycles. The van der Waals surface area contributed by atoms with Crippen molar-refractivity contribution in [3.63, 3.8) is 0 Å². The van der Waals surface area contributed by atoms with Gasteiger partial charge in [-0.3, -0.25) is 14.0 Å². The van der Waals surface area contributed by atoms with Crippen molar-refractivity contribution in [3.05, 3.63) is 0 Å². The Bertz CT molecular complexity index is 208. The molecule has 1 atom stereocenters. The molecule has 5 heteroatoms. The Kier molecular flexibility index (Phi) is 5.73. The number of hydrogen-bond acceptors (Lipinski definition) is 3. The van der Waals surface area contributed by atoms with E-state index in [0.29, 0.717) is 18.5 Å². The maximum absolute atomic E-state index is 12.1. The molecule has 0 saturated carbocycles. The first-order chi connectivity index (χ1) is 5.96. The Morgan fingerprint density at radius 2 is 2.08 bits per heavy atom. The highest BCUT2D eigenvalue weighted by atomic mass is 32.7. The number of carbonyl (C=O) groups excluding carboxylic acids is 1. The summed E-state index contributed by atoms with van der Waals surface area (Å²) in [6.07, 6.45) is 1.19. The number of amides is 1. The highest BCUT2D eigenvalue weighted by molar-refractivity contribution is 8.57. The summed E-state index contributed by atoms with van der Waals surface area (Å²) in [5.74, 6) is 1.34. The molecule has 0 aromatic rings. The Hall–Kier alpha value is 0.0500. The van der Waals surface area contributed by atoms with Crippen LogP contribution in [-0.4, -0.2) is 30.0 Å². The van der Waals surface area contributed by atoms with E-state index in [0.717, 1.165) is 5.75 Å². The van der Waals surface area contributed by atoms with Crippen LogP contribution in [0.3, 0.4) is 0 Å². The molecular weight excluding hydrogens is 205 g/mol. The third kappa shape index (κ3) is 4.19. The van der Waals surface area contributed by atoms with Crippen molar-refractivity contribution < 1.29 is 9.36 Å². The van der Waals surface area contributed by atoms with Gasteiger partial charge in [0.25, 0.3) is 0 Å².